The van der Waals surface area contributed by atoms with Crippen molar-refractivity contribution in [1.29, 1.82) is 0 Å². The number of anilines is 1. The standard InChI is InChI=1S/C15H21ClN2O4S/c1-15(2,3)22-14(19)18-10-8-17(9-11-18)12-4-6-13(7-5-12)23(16,20)21/h4-7H,8-11H2,1-3H3. The minimum atomic E-state index is -3.70. The summed E-state index contributed by atoms with van der Waals surface area (Å²) in [6.45, 7) is 7.96. The third kappa shape index (κ3) is 5.00. The first-order chi connectivity index (χ1) is 10.6. The molecular weight excluding hydrogens is 340 g/mol. The molecule has 0 N–H and O–H groups in total. The molecule has 1 fully saturated rings. The lowest BCUT2D eigenvalue weighted by Gasteiger charge is -2.36. The van der Waals surface area contributed by atoms with Gasteiger partial charge in [0.05, 0.1) is 4.90 Å². The molecule has 1 aliphatic rings. The fraction of sp³-hybridized carbons (Fsp3) is 0.533. The van der Waals surface area contributed by atoms with Gasteiger partial charge in [-0.25, -0.2) is 13.2 Å². The number of hydrogen-bond donors (Lipinski definition) is 0. The topological polar surface area (TPSA) is 66.9 Å². The van der Waals surface area contributed by atoms with E-state index in [-0.39, 0.29) is 11.0 Å². The maximum Gasteiger partial charge on any atom is 0.410 e. The van der Waals surface area contributed by atoms with E-state index >= 15 is 0 Å². The van der Waals surface area contributed by atoms with Crippen molar-refractivity contribution in [3.05, 3.63) is 24.3 Å². The number of rotatable bonds is 2. The zero-order valence-corrected chi connectivity index (χ0v) is 15.0. The van der Waals surface area contributed by atoms with Crippen LogP contribution in [0.4, 0.5) is 10.5 Å². The first-order valence-corrected chi connectivity index (χ1v) is 9.65. The molecule has 1 amide bonds. The van der Waals surface area contributed by atoms with Crippen molar-refractivity contribution < 1.29 is 17.9 Å². The molecule has 6 nitrogen and oxygen atoms in total. The molecule has 1 aliphatic heterocycles. The third-order valence-corrected chi connectivity index (χ3v) is 4.78. The number of benzene rings is 1. The monoisotopic (exact) mass is 360 g/mol. The summed E-state index contributed by atoms with van der Waals surface area (Å²) in [6.07, 6.45) is -0.305. The second-order valence-electron chi connectivity index (χ2n) is 6.39. The van der Waals surface area contributed by atoms with Gasteiger partial charge in [-0.3, -0.25) is 0 Å². The van der Waals surface area contributed by atoms with Gasteiger partial charge in [-0.2, -0.15) is 0 Å². The maximum atomic E-state index is 12.0. The predicted octanol–water partition coefficient (Wildman–Crippen LogP) is 2.67. The van der Waals surface area contributed by atoms with Crippen molar-refractivity contribution in [3.8, 4) is 0 Å². The minimum Gasteiger partial charge on any atom is -0.444 e. The summed E-state index contributed by atoms with van der Waals surface area (Å²) >= 11 is 0. The molecular formula is C15H21ClN2O4S. The molecule has 8 heteroatoms. The number of halogens is 1. The molecule has 0 aromatic heterocycles. The number of carbonyl (C=O) groups is 1. The molecule has 0 bridgehead atoms. The predicted molar refractivity (Wildman–Crippen MR) is 89.5 cm³/mol. The lowest BCUT2D eigenvalue weighted by atomic mass is 10.2. The van der Waals surface area contributed by atoms with E-state index in [0.717, 1.165) is 5.69 Å². The Bertz CT molecular complexity index is 660. The van der Waals surface area contributed by atoms with Gasteiger partial charge in [-0.15, -0.1) is 0 Å². The Morgan fingerprint density at radius 1 is 1.09 bits per heavy atom. The summed E-state index contributed by atoms with van der Waals surface area (Å²) in [6, 6.07) is 6.41. The van der Waals surface area contributed by atoms with Gasteiger partial charge in [0.25, 0.3) is 9.05 Å². The summed E-state index contributed by atoms with van der Waals surface area (Å²) < 4.78 is 27.9. The number of piperazine rings is 1. The van der Waals surface area contributed by atoms with Crippen molar-refractivity contribution >= 4 is 31.5 Å². The molecule has 0 saturated carbocycles. The van der Waals surface area contributed by atoms with Gasteiger partial charge in [-0.1, -0.05) is 0 Å². The Morgan fingerprint density at radius 2 is 1.61 bits per heavy atom. The van der Waals surface area contributed by atoms with Gasteiger partial charge < -0.3 is 14.5 Å². The van der Waals surface area contributed by atoms with Gasteiger partial charge in [0.1, 0.15) is 5.60 Å². The first kappa shape index (κ1) is 17.9. The SMILES string of the molecule is CC(C)(C)OC(=O)N1CCN(c2ccc(S(=O)(=O)Cl)cc2)CC1. The fourth-order valence-corrected chi connectivity index (χ4v) is 3.06. The highest BCUT2D eigenvalue weighted by atomic mass is 35.7. The molecule has 2 rings (SSSR count). The van der Waals surface area contributed by atoms with Crippen molar-refractivity contribution in [2.24, 2.45) is 0 Å². The number of carbonyl (C=O) groups excluding carboxylic acids is 1. The summed E-state index contributed by atoms with van der Waals surface area (Å²) in [4.78, 5) is 15.9. The molecule has 23 heavy (non-hydrogen) atoms. The van der Waals surface area contributed by atoms with Gasteiger partial charge in [0.2, 0.25) is 0 Å². The van der Waals surface area contributed by atoms with Crippen LogP contribution in [0.25, 0.3) is 0 Å². The number of hydrogen-bond acceptors (Lipinski definition) is 5. The van der Waals surface area contributed by atoms with Crippen LogP contribution in [-0.4, -0.2) is 51.2 Å². The zero-order valence-electron chi connectivity index (χ0n) is 13.5. The van der Waals surface area contributed by atoms with Crippen LogP contribution in [0.15, 0.2) is 29.2 Å². The molecule has 0 unspecified atom stereocenters. The highest BCUT2D eigenvalue weighted by molar-refractivity contribution is 8.13. The third-order valence-electron chi connectivity index (χ3n) is 3.41. The van der Waals surface area contributed by atoms with Crippen LogP contribution < -0.4 is 4.90 Å². The second-order valence-corrected chi connectivity index (χ2v) is 8.95. The van der Waals surface area contributed by atoms with Crippen LogP contribution in [-0.2, 0) is 13.8 Å². The van der Waals surface area contributed by atoms with E-state index in [4.69, 9.17) is 15.4 Å². The number of amides is 1. The maximum absolute atomic E-state index is 12.0. The van der Waals surface area contributed by atoms with Crippen LogP contribution in [0.3, 0.4) is 0 Å². The lowest BCUT2D eigenvalue weighted by molar-refractivity contribution is 0.0240. The molecule has 0 spiro atoms. The number of ether oxygens (including phenoxy) is 1. The van der Waals surface area contributed by atoms with Crippen molar-refractivity contribution in [2.45, 2.75) is 31.3 Å². The molecule has 0 aliphatic carbocycles. The summed E-state index contributed by atoms with van der Waals surface area (Å²) in [7, 11) is 1.60. The molecule has 0 atom stereocenters. The normalized spacial score (nSPS) is 16.3. The van der Waals surface area contributed by atoms with Crippen molar-refractivity contribution in [3.63, 3.8) is 0 Å². The largest absolute Gasteiger partial charge is 0.444 e. The van der Waals surface area contributed by atoms with Crippen LogP contribution in [0, 0.1) is 0 Å². The molecule has 1 aromatic carbocycles. The van der Waals surface area contributed by atoms with Gasteiger partial charge in [-0.05, 0) is 45.0 Å². The van der Waals surface area contributed by atoms with E-state index in [9.17, 15) is 13.2 Å². The van der Waals surface area contributed by atoms with E-state index in [0.29, 0.717) is 26.2 Å². The Hall–Kier alpha value is -1.47. The Labute approximate surface area is 141 Å². The van der Waals surface area contributed by atoms with E-state index < -0.39 is 14.7 Å². The van der Waals surface area contributed by atoms with Crippen molar-refractivity contribution in [2.75, 3.05) is 31.1 Å². The number of nitrogens with zero attached hydrogens (tertiary/aromatic N) is 2. The second kappa shape index (κ2) is 6.57. The Balaban J connectivity index is 1.95. The molecule has 1 heterocycles. The first-order valence-electron chi connectivity index (χ1n) is 7.34. The average molecular weight is 361 g/mol. The average Bonchev–Trinajstić information content (AvgIpc) is 2.45. The molecule has 1 aromatic rings. The van der Waals surface area contributed by atoms with Crippen molar-refractivity contribution in [1.82, 2.24) is 4.90 Å². The van der Waals surface area contributed by atoms with Crippen LogP contribution in [0.2, 0.25) is 0 Å². The molecule has 1 saturated heterocycles. The zero-order chi connectivity index (χ0) is 17.3. The fourth-order valence-electron chi connectivity index (χ4n) is 2.29. The molecule has 0 radical (unpaired) electrons. The smallest absolute Gasteiger partial charge is 0.410 e. The van der Waals surface area contributed by atoms with E-state index in [1.807, 2.05) is 20.8 Å². The van der Waals surface area contributed by atoms with Crippen LogP contribution >= 0.6 is 10.7 Å². The summed E-state index contributed by atoms with van der Waals surface area (Å²) in [5, 5.41) is 0. The minimum absolute atomic E-state index is 0.0790. The van der Waals surface area contributed by atoms with Gasteiger partial charge >= 0.3 is 6.09 Å². The van der Waals surface area contributed by atoms with Gasteiger partial charge in [0.15, 0.2) is 0 Å². The summed E-state index contributed by atoms with van der Waals surface area (Å²) in [5.74, 6) is 0. The van der Waals surface area contributed by atoms with E-state index in [1.54, 1.807) is 17.0 Å². The van der Waals surface area contributed by atoms with Gasteiger partial charge in [0, 0.05) is 42.5 Å². The Morgan fingerprint density at radius 3 is 2.04 bits per heavy atom. The van der Waals surface area contributed by atoms with Crippen LogP contribution in [0.1, 0.15) is 20.8 Å². The quantitative estimate of drug-likeness (QED) is 0.758. The highest BCUT2D eigenvalue weighted by Gasteiger charge is 2.26. The molecule has 128 valence electrons. The van der Waals surface area contributed by atoms with Crippen LogP contribution in [0.5, 0.6) is 0 Å². The van der Waals surface area contributed by atoms with E-state index in [2.05, 4.69) is 4.90 Å². The lowest BCUT2D eigenvalue weighted by Crippen LogP contribution is -2.50. The van der Waals surface area contributed by atoms with E-state index in [1.165, 1.54) is 12.1 Å². The summed E-state index contributed by atoms with van der Waals surface area (Å²) in [5.41, 5.74) is 0.398. The highest BCUT2D eigenvalue weighted by Crippen LogP contribution is 2.22. The Kier molecular flexibility index (Phi) is 5.10.